The summed E-state index contributed by atoms with van der Waals surface area (Å²) in [5, 5.41) is 7.07. The third-order valence-electron chi connectivity index (χ3n) is 4.45. The van der Waals surface area contributed by atoms with E-state index in [4.69, 9.17) is 19.6 Å². The van der Waals surface area contributed by atoms with Crippen molar-refractivity contribution in [3.8, 4) is 22.8 Å². The Bertz CT molecular complexity index is 1150. The quantitative estimate of drug-likeness (QED) is 0.567. The molecule has 0 unspecified atom stereocenters. The predicted molar refractivity (Wildman–Crippen MR) is 117 cm³/mol. The third kappa shape index (κ3) is 5.06. The SMILES string of the molecule is CCOc1ccc(OCC)c(NC(=O)Cn2nc(-c3cc(C)oc3C)cc(N)c2=O)c1. The summed E-state index contributed by atoms with van der Waals surface area (Å²) in [5.41, 5.74) is 6.93. The van der Waals surface area contributed by atoms with Gasteiger partial charge in [-0.1, -0.05) is 0 Å². The average molecular weight is 426 g/mol. The molecule has 0 atom stereocenters. The van der Waals surface area contributed by atoms with Crippen LogP contribution in [-0.4, -0.2) is 28.9 Å². The molecule has 1 amide bonds. The van der Waals surface area contributed by atoms with E-state index in [1.165, 1.54) is 6.07 Å². The molecule has 0 bridgehead atoms. The molecule has 0 radical (unpaired) electrons. The average Bonchev–Trinajstić information content (AvgIpc) is 3.05. The van der Waals surface area contributed by atoms with Crippen LogP contribution in [0.2, 0.25) is 0 Å². The summed E-state index contributed by atoms with van der Waals surface area (Å²) < 4.78 is 17.6. The Morgan fingerprint density at radius 1 is 1.16 bits per heavy atom. The Morgan fingerprint density at radius 3 is 2.55 bits per heavy atom. The number of nitrogens with one attached hydrogen (secondary N) is 1. The second-order valence-corrected chi connectivity index (χ2v) is 6.85. The van der Waals surface area contributed by atoms with E-state index in [1.807, 2.05) is 20.8 Å². The number of ether oxygens (including phenoxy) is 2. The minimum Gasteiger partial charge on any atom is -0.494 e. The van der Waals surface area contributed by atoms with Crippen molar-refractivity contribution in [1.82, 2.24) is 9.78 Å². The van der Waals surface area contributed by atoms with Crippen molar-refractivity contribution in [3.63, 3.8) is 0 Å². The van der Waals surface area contributed by atoms with Gasteiger partial charge in [-0.15, -0.1) is 0 Å². The molecule has 2 heterocycles. The number of nitrogen functional groups attached to an aromatic ring is 1. The van der Waals surface area contributed by atoms with Gasteiger partial charge in [0.2, 0.25) is 5.91 Å². The van der Waals surface area contributed by atoms with Gasteiger partial charge in [0.15, 0.2) is 0 Å². The number of carbonyl (C=O) groups is 1. The van der Waals surface area contributed by atoms with Crippen molar-refractivity contribution in [2.75, 3.05) is 24.3 Å². The number of hydrogen-bond donors (Lipinski definition) is 2. The molecule has 3 N–H and O–H groups in total. The molecule has 0 aliphatic rings. The van der Waals surface area contributed by atoms with E-state index in [1.54, 1.807) is 31.2 Å². The largest absolute Gasteiger partial charge is 0.494 e. The maximum atomic E-state index is 12.7. The Hall–Kier alpha value is -3.75. The fraction of sp³-hybridized carbons (Fsp3) is 0.318. The summed E-state index contributed by atoms with van der Waals surface area (Å²) in [6.07, 6.45) is 0. The van der Waals surface area contributed by atoms with Gasteiger partial charge < -0.3 is 24.9 Å². The molecule has 0 aliphatic carbocycles. The van der Waals surface area contributed by atoms with Gasteiger partial charge in [0, 0.05) is 11.6 Å². The minimum atomic E-state index is -0.551. The van der Waals surface area contributed by atoms with Crippen molar-refractivity contribution in [3.05, 3.63) is 52.2 Å². The van der Waals surface area contributed by atoms with Crippen LogP contribution in [0.15, 0.2) is 39.5 Å². The van der Waals surface area contributed by atoms with Crippen molar-refractivity contribution >= 4 is 17.3 Å². The molecule has 0 aliphatic heterocycles. The molecular formula is C22H26N4O5. The number of carbonyl (C=O) groups excluding carboxylic acids is 1. The molecule has 3 aromatic rings. The Morgan fingerprint density at radius 2 is 1.90 bits per heavy atom. The predicted octanol–water partition coefficient (Wildman–Crippen LogP) is 3.14. The second kappa shape index (κ2) is 9.38. The van der Waals surface area contributed by atoms with Crippen molar-refractivity contribution in [1.29, 1.82) is 0 Å². The molecule has 1 aromatic carbocycles. The highest BCUT2D eigenvalue weighted by atomic mass is 16.5. The zero-order valence-corrected chi connectivity index (χ0v) is 18.0. The van der Waals surface area contributed by atoms with E-state index in [2.05, 4.69) is 10.4 Å². The van der Waals surface area contributed by atoms with Crippen LogP contribution in [0.4, 0.5) is 11.4 Å². The summed E-state index contributed by atoms with van der Waals surface area (Å²) in [5.74, 6) is 1.99. The van der Waals surface area contributed by atoms with Crippen LogP contribution in [0.3, 0.4) is 0 Å². The lowest BCUT2D eigenvalue weighted by molar-refractivity contribution is -0.117. The van der Waals surface area contributed by atoms with Crippen molar-refractivity contribution in [2.24, 2.45) is 0 Å². The Balaban J connectivity index is 1.88. The van der Waals surface area contributed by atoms with Gasteiger partial charge in [0.05, 0.1) is 24.6 Å². The number of benzene rings is 1. The molecular weight excluding hydrogens is 400 g/mol. The maximum Gasteiger partial charge on any atom is 0.290 e. The molecule has 0 spiro atoms. The van der Waals surface area contributed by atoms with Gasteiger partial charge in [-0.05, 0) is 52.0 Å². The van der Waals surface area contributed by atoms with E-state index < -0.39 is 11.5 Å². The van der Waals surface area contributed by atoms with Gasteiger partial charge in [-0.2, -0.15) is 5.10 Å². The molecule has 164 valence electrons. The molecule has 9 nitrogen and oxygen atoms in total. The monoisotopic (exact) mass is 426 g/mol. The fourth-order valence-electron chi connectivity index (χ4n) is 3.16. The zero-order valence-electron chi connectivity index (χ0n) is 18.0. The van der Waals surface area contributed by atoms with Gasteiger partial charge in [-0.3, -0.25) is 9.59 Å². The van der Waals surface area contributed by atoms with Crippen LogP contribution in [-0.2, 0) is 11.3 Å². The van der Waals surface area contributed by atoms with Crippen molar-refractivity contribution in [2.45, 2.75) is 34.2 Å². The standard InChI is InChI=1S/C22H26N4O5/c1-5-29-15-7-8-20(30-6-2)19(10-15)24-21(27)12-26-22(28)17(23)11-18(25-26)16-9-13(3)31-14(16)4/h7-11H,5-6,12,23H2,1-4H3,(H,24,27). The minimum absolute atomic E-state index is 0.00981. The smallest absolute Gasteiger partial charge is 0.290 e. The molecule has 9 heteroatoms. The number of hydrogen-bond acceptors (Lipinski definition) is 7. The van der Waals surface area contributed by atoms with Crippen LogP contribution in [0.1, 0.15) is 25.4 Å². The molecule has 2 aromatic heterocycles. The number of anilines is 2. The van der Waals surface area contributed by atoms with E-state index in [9.17, 15) is 9.59 Å². The summed E-state index contributed by atoms with van der Waals surface area (Å²) in [6, 6.07) is 8.43. The lowest BCUT2D eigenvalue weighted by Crippen LogP contribution is -2.31. The summed E-state index contributed by atoms with van der Waals surface area (Å²) in [7, 11) is 0. The fourth-order valence-corrected chi connectivity index (χ4v) is 3.16. The number of nitrogens with zero attached hydrogens (tertiary/aromatic N) is 2. The number of aryl methyl sites for hydroxylation is 2. The lowest BCUT2D eigenvalue weighted by atomic mass is 10.1. The number of nitrogens with two attached hydrogens (primary N) is 1. The molecule has 0 fully saturated rings. The second-order valence-electron chi connectivity index (χ2n) is 6.85. The summed E-state index contributed by atoms with van der Waals surface area (Å²) in [4.78, 5) is 25.2. The number of amides is 1. The van der Waals surface area contributed by atoms with Gasteiger partial charge in [0.1, 0.15) is 35.3 Å². The first-order chi connectivity index (χ1) is 14.8. The highest BCUT2D eigenvalue weighted by Gasteiger charge is 2.16. The van der Waals surface area contributed by atoms with E-state index in [0.29, 0.717) is 53.2 Å². The summed E-state index contributed by atoms with van der Waals surface area (Å²) in [6.45, 7) is 7.92. The molecule has 3 rings (SSSR count). The highest BCUT2D eigenvalue weighted by molar-refractivity contribution is 5.92. The van der Waals surface area contributed by atoms with E-state index in [0.717, 1.165) is 4.68 Å². The van der Waals surface area contributed by atoms with Gasteiger partial charge in [-0.25, -0.2) is 4.68 Å². The van der Waals surface area contributed by atoms with Crippen LogP contribution in [0, 0.1) is 13.8 Å². The van der Waals surface area contributed by atoms with Crippen LogP contribution < -0.4 is 26.1 Å². The van der Waals surface area contributed by atoms with E-state index in [-0.39, 0.29) is 12.2 Å². The number of aromatic nitrogens is 2. The first-order valence-electron chi connectivity index (χ1n) is 9.96. The third-order valence-corrected chi connectivity index (χ3v) is 4.45. The van der Waals surface area contributed by atoms with Crippen LogP contribution >= 0.6 is 0 Å². The normalized spacial score (nSPS) is 10.7. The van der Waals surface area contributed by atoms with Crippen molar-refractivity contribution < 1.29 is 18.7 Å². The zero-order chi connectivity index (χ0) is 22.5. The summed E-state index contributed by atoms with van der Waals surface area (Å²) >= 11 is 0. The Kier molecular flexibility index (Phi) is 6.64. The first kappa shape index (κ1) is 21.9. The molecule has 0 saturated carbocycles. The Labute approximate surface area is 179 Å². The number of furan rings is 1. The molecule has 31 heavy (non-hydrogen) atoms. The van der Waals surface area contributed by atoms with Gasteiger partial charge >= 0.3 is 0 Å². The highest BCUT2D eigenvalue weighted by Crippen LogP contribution is 2.29. The first-order valence-corrected chi connectivity index (χ1v) is 9.96. The number of rotatable bonds is 8. The van der Waals surface area contributed by atoms with Crippen LogP contribution in [0.25, 0.3) is 11.3 Å². The lowest BCUT2D eigenvalue weighted by Gasteiger charge is -2.14. The maximum absolute atomic E-state index is 12.7. The van der Waals surface area contributed by atoms with E-state index >= 15 is 0 Å². The molecule has 0 saturated heterocycles. The topological polar surface area (TPSA) is 122 Å². The van der Waals surface area contributed by atoms with Gasteiger partial charge in [0.25, 0.3) is 5.56 Å². The van der Waals surface area contributed by atoms with Crippen LogP contribution in [0.5, 0.6) is 11.5 Å².